The minimum atomic E-state index is -0.857. The van der Waals surface area contributed by atoms with E-state index in [0.717, 1.165) is 41.3 Å². The fraction of sp³-hybridized carbons (Fsp3) is 0.304. The van der Waals surface area contributed by atoms with Gasteiger partial charge in [0.05, 0.1) is 21.5 Å². The normalized spacial score (nSPS) is 16.1. The van der Waals surface area contributed by atoms with Crippen LogP contribution in [0.4, 0.5) is 0 Å². The van der Waals surface area contributed by atoms with Gasteiger partial charge in [-0.2, -0.15) is 0 Å². The van der Waals surface area contributed by atoms with Gasteiger partial charge in [-0.05, 0) is 55.5 Å². The van der Waals surface area contributed by atoms with Crippen molar-refractivity contribution in [3.63, 3.8) is 0 Å². The Morgan fingerprint density at radius 2 is 1.80 bits per heavy atom. The molecule has 0 aliphatic heterocycles. The second kappa shape index (κ2) is 7.64. The SMILES string of the molecule is C[C@H](C(=O)O)c1ccc(C2(NC(=O)c3cc4c(Cl)c(Cl)ccc4n3C)CCC2)cc1. The van der Waals surface area contributed by atoms with Crippen LogP contribution in [0.25, 0.3) is 10.9 Å². The van der Waals surface area contributed by atoms with Crippen LogP contribution in [-0.4, -0.2) is 21.6 Å². The van der Waals surface area contributed by atoms with Crippen molar-refractivity contribution < 1.29 is 14.7 Å². The summed E-state index contributed by atoms with van der Waals surface area (Å²) in [6.45, 7) is 1.66. The largest absolute Gasteiger partial charge is 0.481 e. The maximum atomic E-state index is 13.2. The Hall–Kier alpha value is -2.50. The minimum absolute atomic E-state index is 0.177. The van der Waals surface area contributed by atoms with Gasteiger partial charge in [0.25, 0.3) is 5.91 Å². The highest BCUT2D eigenvalue weighted by Crippen LogP contribution is 2.42. The molecular weight excluding hydrogens is 423 g/mol. The third-order valence-corrected chi connectivity index (χ3v) is 7.06. The quantitative estimate of drug-likeness (QED) is 0.546. The molecule has 0 saturated heterocycles. The zero-order chi connectivity index (χ0) is 21.6. The van der Waals surface area contributed by atoms with Gasteiger partial charge in [0, 0.05) is 18.0 Å². The zero-order valence-corrected chi connectivity index (χ0v) is 18.2. The number of carbonyl (C=O) groups is 2. The van der Waals surface area contributed by atoms with E-state index in [-0.39, 0.29) is 5.91 Å². The molecule has 5 nitrogen and oxygen atoms in total. The standard InChI is InChI=1S/C23H22Cl2N2O3/c1-13(22(29)30)14-4-6-15(7-5-14)23(10-3-11-23)26-21(28)19-12-16-18(27(19)2)9-8-17(24)20(16)25/h4-9,12-13H,3,10-11H2,1-2H3,(H,26,28)(H,29,30)/t13-/m0/s1. The molecule has 3 aromatic rings. The lowest BCUT2D eigenvalue weighted by molar-refractivity contribution is -0.138. The van der Waals surface area contributed by atoms with Gasteiger partial charge in [-0.3, -0.25) is 9.59 Å². The van der Waals surface area contributed by atoms with Crippen LogP contribution >= 0.6 is 23.2 Å². The minimum Gasteiger partial charge on any atom is -0.481 e. The van der Waals surface area contributed by atoms with E-state index in [1.165, 1.54) is 0 Å². The molecule has 1 heterocycles. The van der Waals surface area contributed by atoms with Crippen LogP contribution in [0.3, 0.4) is 0 Å². The van der Waals surface area contributed by atoms with Crippen LogP contribution in [0, 0.1) is 0 Å². The van der Waals surface area contributed by atoms with Crippen molar-refractivity contribution in [2.24, 2.45) is 7.05 Å². The second-order valence-corrected chi connectivity index (χ2v) is 8.74. The average molecular weight is 445 g/mol. The molecule has 0 bridgehead atoms. The maximum Gasteiger partial charge on any atom is 0.310 e. The van der Waals surface area contributed by atoms with E-state index in [9.17, 15) is 14.7 Å². The van der Waals surface area contributed by atoms with E-state index < -0.39 is 17.4 Å². The number of carboxylic acids is 1. The van der Waals surface area contributed by atoms with E-state index in [0.29, 0.717) is 15.7 Å². The topological polar surface area (TPSA) is 71.3 Å². The summed E-state index contributed by atoms with van der Waals surface area (Å²) in [6.07, 6.45) is 2.69. The molecule has 1 aliphatic rings. The first-order valence-corrected chi connectivity index (χ1v) is 10.6. The molecule has 1 saturated carbocycles. The van der Waals surface area contributed by atoms with Gasteiger partial charge < -0.3 is 15.0 Å². The van der Waals surface area contributed by atoms with Crippen LogP contribution in [0.1, 0.15) is 53.7 Å². The molecule has 2 aromatic carbocycles. The van der Waals surface area contributed by atoms with E-state index in [1.54, 1.807) is 19.1 Å². The number of nitrogens with one attached hydrogen (secondary N) is 1. The number of halogens is 2. The second-order valence-electron chi connectivity index (χ2n) is 7.95. The first kappa shape index (κ1) is 20.8. The molecule has 30 heavy (non-hydrogen) atoms. The molecule has 1 aliphatic carbocycles. The number of nitrogens with zero attached hydrogens (tertiary/aromatic N) is 1. The molecular formula is C23H22Cl2N2O3. The van der Waals surface area contributed by atoms with Gasteiger partial charge in [-0.1, -0.05) is 47.5 Å². The number of fused-ring (bicyclic) bond motifs is 1. The average Bonchev–Trinajstić information content (AvgIpc) is 3.04. The molecule has 7 heteroatoms. The summed E-state index contributed by atoms with van der Waals surface area (Å²) in [4.78, 5) is 24.4. The lowest BCUT2D eigenvalue weighted by atomic mass is 9.71. The van der Waals surface area contributed by atoms with Crippen LogP contribution in [0.2, 0.25) is 10.0 Å². The highest BCUT2D eigenvalue weighted by molar-refractivity contribution is 6.45. The van der Waals surface area contributed by atoms with Gasteiger partial charge in [-0.25, -0.2) is 0 Å². The summed E-state index contributed by atoms with van der Waals surface area (Å²) in [5.74, 6) is -1.61. The monoisotopic (exact) mass is 444 g/mol. The van der Waals surface area contributed by atoms with Crippen LogP contribution in [-0.2, 0) is 17.4 Å². The predicted octanol–water partition coefficient (Wildman–Crippen LogP) is 5.48. The number of amides is 1. The zero-order valence-electron chi connectivity index (χ0n) is 16.7. The van der Waals surface area contributed by atoms with Crippen LogP contribution in [0.5, 0.6) is 0 Å². The van der Waals surface area contributed by atoms with Crippen molar-refractivity contribution in [3.05, 3.63) is 69.3 Å². The summed E-state index contributed by atoms with van der Waals surface area (Å²) in [5, 5.41) is 14.1. The highest BCUT2D eigenvalue weighted by atomic mass is 35.5. The lowest BCUT2D eigenvalue weighted by Crippen LogP contribution is -2.51. The predicted molar refractivity (Wildman–Crippen MR) is 118 cm³/mol. The summed E-state index contributed by atoms with van der Waals surface area (Å²) >= 11 is 12.5. The first-order chi connectivity index (χ1) is 14.2. The van der Waals surface area contributed by atoms with E-state index in [4.69, 9.17) is 23.2 Å². The Morgan fingerprint density at radius 1 is 1.13 bits per heavy atom. The van der Waals surface area contributed by atoms with Crippen molar-refractivity contribution >= 4 is 46.0 Å². The molecule has 156 valence electrons. The maximum absolute atomic E-state index is 13.2. The number of carboxylic acid groups (broad SMARTS) is 1. The molecule has 0 radical (unpaired) electrons. The highest BCUT2D eigenvalue weighted by Gasteiger charge is 2.40. The van der Waals surface area contributed by atoms with E-state index >= 15 is 0 Å². The number of carbonyl (C=O) groups excluding carboxylic acids is 1. The number of hydrogen-bond donors (Lipinski definition) is 2. The van der Waals surface area contributed by atoms with Gasteiger partial charge in [0.15, 0.2) is 0 Å². The fourth-order valence-corrected chi connectivity index (χ4v) is 4.48. The van der Waals surface area contributed by atoms with Gasteiger partial charge in [-0.15, -0.1) is 0 Å². The summed E-state index contributed by atoms with van der Waals surface area (Å²) in [5.41, 5.74) is 2.64. The summed E-state index contributed by atoms with van der Waals surface area (Å²) < 4.78 is 1.82. The Labute approximate surface area is 184 Å². The number of aryl methyl sites for hydroxylation is 1. The van der Waals surface area contributed by atoms with Crippen molar-refractivity contribution in [3.8, 4) is 0 Å². The third-order valence-electron chi connectivity index (χ3n) is 6.24. The Kier molecular flexibility index (Phi) is 5.28. The lowest BCUT2D eigenvalue weighted by Gasteiger charge is -2.43. The molecule has 2 N–H and O–H groups in total. The third kappa shape index (κ3) is 3.36. The van der Waals surface area contributed by atoms with Gasteiger partial charge in [0.2, 0.25) is 0 Å². The van der Waals surface area contributed by atoms with Crippen molar-refractivity contribution in [1.82, 2.24) is 9.88 Å². The number of aliphatic carboxylic acids is 1. The van der Waals surface area contributed by atoms with Crippen LogP contribution < -0.4 is 5.32 Å². The number of benzene rings is 2. The van der Waals surface area contributed by atoms with E-state index in [2.05, 4.69) is 5.32 Å². The Balaban J connectivity index is 1.63. The number of rotatable bonds is 5. The van der Waals surface area contributed by atoms with Crippen LogP contribution in [0.15, 0.2) is 42.5 Å². The number of aromatic nitrogens is 1. The van der Waals surface area contributed by atoms with Gasteiger partial charge in [0.1, 0.15) is 5.69 Å². The van der Waals surface area contributed by atoms with Crippen molar-refractivity contribution in [2.45, 2.75) is 37.6 Å². The van der Waals surface area contributed by atoms with Crippen molar-refractivity contribution in [2.75, 3.05) is 0 Å². The molecule has 1 amide bonds. The molecule has 1 atom stereocenters. The Morgan fingerprint density at radius 3 is 2.37 bits per heavy atom. The van der Waals surface area contributed by atoms with Gasteiger partial charge >= 0.3 is 5.97 Å². The smallest absolute Gasteiger partial charge is 0.310 e. The molecule has 1 fully saturated rings. The summed E-state index contributed by atoms with van der Waals surface area (Å²) in [6, 6.07) is 12.8. The van der Waals surface area contributed by atoms with E-state index in [1.807, 2.05) is 41.9 Å². The first-order valence-electron chi connectivity index (χ1n) is 9.83. The Bertz CT molecular complexity index is 1150. The number of hydrogen-bond acceptors (Lipinski definition) is 2. The fourth-order valence-electron chi connectivity index (χ4n) is 4.10. The molecule has 0 spiro atoms. The molecule has 4 rings (SSSR count). The molecule has 1 aromatic heterocycles. The molecule has 0 unspecified atom stereocenters. The summed E-state index contributed by atoms with van der Waals surface area (Å²) in [7, 11) is 1.83. The van der Waals surface area contributed by atoms with Crippen molar-refractivity contribution in [1.29, 1.82) is 0 Å².